The number of hydrogen-bond donors (Lipinski definition) is 1. The average molecular weight is 283 g/mol. The Kier molecular flexibility index (Phi) is 4.43. The molecule has 0 aromatic carbocycles. The van der Waals surface area contributed by atoms with Gasteiger partial charge in [0.05, 0.1) is 4.88 Å². The van der Waals surface area contributed by atoms with E-state index >= 15 is 0 Å². The van der Waals surface area contributed by atoms with E-state index in [1.807, 2.05) is 16.7 Å². The highest BCUT2D eigenvalue weighted by Gasteiger charge is 2.19. The lowest BCUT2D eigenvalue weighted by Gasteiger charge is -2.25. The normalized spacial score (nSPS) is 16.1. The fraction of sp³-hybridized carbons (Fsp3) is 0.333. The van der Waals surface area contributed by atoms with Crippen LogP contribution in [0.2, 0.25) is 0 Å². The van der Waals surface area contributed by atoms with E-state index in [2.05, 4.69) is 0 Å². The number of carboxylic acids is 1. The summed E-state index contributed by atoms with van der Waals surface area (Å²) in [6, 6.07) is 3.53. The third-order valence-corrected chi connectivity index (χ3v) is 4.51. The number of thioether (sulfide) groups is 1. The first kappa shape index (κ1) is 13.2. The molecule has 18 heavy (non-hydrogen) atoms. The van der Waals surface area contributed by atoms with Gasteiger partial charge in [-0.05, 0) is 18.2 Å². The summed E-state index contributed by atoms with van der Waals surface area (Å²) >= 11 is 3.19. The summed E-state index contributed by atoms with van der Waals surface area (Å²) in [5.74, 6) is 1.05. The van der Waals surface area contributed by atoms with Crippen molar-refractivity contribution in [3.8, 4) is 0 Å². The number of carboxylic acid groups (broad SMARTS) is 1. The SMILES string of the molecule is O=C(O)C=Cc1ccc(C(=O)N2CCSCC2)s1. The molecule has 0 atom stereocenters. The molecule has 0 saturated carbocycles. The van der Waals surface area contributed by atoms with Crippen molar-refractivity contribution in [1.29, 1.82) is 0 Å². The Labute approximate surface area is 113 Å². The maximum atomic E-state index is 12.1. The Morgan fingerprint density at radius 1 is 1.28 bits per heavy atom. The van der Waals surface area contributed by atoms with Crippen molar-refractivity contribution in [2.45, 2.75) is 0 Å². The lowest BCUT2D eigenvalue weighted by Crippen LogP contribution is -2.37. The maximum absolute atomic E-state index is 12.1. The monoisotopic (exact) mass is 283 g/mol. The largest absolute Gasteiger partial charge is 0.478 e. The quantitative estimate of drug-likeness (QED) is 0.862. The van der Waals surface area contributed by atoms with Crippen molar-refractivity contribution in [3.63, 3.8) is 0 Å². The third kappa shape index (κ3) is 3.36. The fourth-order valence-corrected chi connectivity index (χ4v) is 3.41. The summed E-state index contributed by atoms with van der Waals surface area (Å²) in [6.45, 7) is 1.59. The molecule has 96 valence electrons. The van der Waals surface area contributed by atoms with Crippen molar-refractivity contribution < 1.29 is 14.7 Å². The second kappa shape index (κ2) is 6.06. The summed E-state index contributed by atoms with van der Waals surface area (Å²) in [6.07, 6.45) is 2.59. The van der Waals surface area contributed by atoms with Gasteiger partial charge in [0, 0.05) is 35.5 Å². The Morgan fingerprint density at radius 3 is 2.67 bits per heavy atom. The Bertz CT molecular complexity index is 475. The third-order valence-electron chi connectivity index (χ3n) is 2.53. The molecule has 1 N–H and O–H groups in total. The molecule has 1 aliphatic heterocycles. The van der Waals surface area contributed by atoms with Crippen molar-refractivity contribution in [2.75, 3.05) is 24.6 Å². The Morgan fingerprint density at radius 2 is 2.00 bits per heavy atom. The van der Waals surface area contributed by atoms with Gasteiger partial charge in [0.15, 0.2) is 0 Å². The summed E-state index contributed by atoms with van der Waals surface area (Å²) in [5.41, 5.74) is 0. The van der Waals surface area contributed by atoms with Crippen LogP contribution >= 0.6 is 23.1 Å². The predicted octanol–water partition coefficient (Wildman–Crippen LogP) is 2.03. The minimum atomic E-state index is -0.982. The molecule has 0 radical (unpaired) electrons. The molecular weight excluding hydrogens is 270 g/mol. The summed E-state index contributed by atoms with van der Waals surface area (Å²) in [7, 11) is 0. The zero-order valence-corrected chi connectivity index (χ0v) is 11.3. The van der Waals surface area contributed by atoms with Crippen LogP contribution in [0.3, 0.4) is 0 Å². The fourth-order valence-electron chi connectivity index (χ4n) is 1.63. The molecule has 1 saturated heterocycles. The number of hydrogen-bond acceptors (Lipinski definition) is 4. The number of thiophene rings is 1. The van der Waals surface area contributed by atoms with Gasteiger partial charge in [-0.25, -0.2) is 4.79 Å². The van der Waals surface area contributed by atoms with Gasteiger partial charge >= 0.3 is 5.97 Å². The minimum Gasteiger partial charge on any atom is -0.478 e. The molecule has 2 rings (SSSR count). The summed E-state index contributed by atoms with van der Waals surface area (Å²) < 4.78 is 0. The molecule has 0 spiro atoms. The van der Waals surface area contributed by atoms with E-state index < -0.39 is 5.97 Å². The van der Waals surface area contributed by atoms with E-state index in [1.54, 1.807) is 12.1 Å². The van der Waals surface area contributed by atoms with Crippen LogP contribution in [-0.2, 0) is 4.79 Å². The van der Waals surface area contributed by atoms with Crippen LogP contribution in [-0.4, -0.2) is 46.5 Å². The highest BCUT2D eigenvalue weighted by molar-refractivity contribution is 7.99. The molecule has 4 nitrogen and oxygen atoms in total. The number of aliphatic carboxylic acids is 1. The number of rotatable bonds is 3. The van der Waals surface area contributed by atoms with Crippen LogP contribution in [0, 0.1) is 0 Å². The van der Waals surface area contributed by atoms with Gasteiger partial charge in [-0.3, -0.25) is 4.79 Å². The number of amides is 1. The van der Waals surface area contributed by atoms with Gasteiger partial charge in [-0.15, -0.1) is 11.3 Å². The van der Waals surface area contributed by atoms with Crippen LogP contribution in [0.5, 0.6) is 0 Å². The average Bonchev–Trinajstić information content (AvgIpc) is 2.85. The van der Waals surface area contributed by atoms with E-state index in [4.69, 9.17) is 5.11 Å². The van der Waals surface area contributed by atoms with Gasteiger partial charge in [-0.1, -0.05) is 0 Å². The molecule has 6 heteroatoms. The van der Waals surface area contributed by atoms with Gasteiger partial charge < -0.3 is 10.0 Å². The molecule has 1 fully saturated rings. The first-order valence-corrected chi connectivity index (χ1v) is 7.52. The first-order chi connectivity index (χ1) is 8.66. The number of nitrogens with zero attached hydrogens (tertiary/aromatic N) is 1. The topological polar surface area (TPSA) is 57.6 Å². The summed E-state index contributed by atoms with van der Waals surface area (Å²) in [5, 5.41) is 8.53. The van der Waals surface area contributed by atoms with E-state index in [-0.39, 0.29) is 5.91 Å². The predicted molar refractivity (Wildman–Crippen MR) is 74.2 cm³/mol. The molecule has 1 aromatic heterocycles. The number of carbonyl (C=O) groups is 2. The second-order valence-electron chi connectivity index (χ2n) is 3.78. The zero-order chi connectivity index (χ0) is 13.0. The molecule has 2 heterocycles. The van der Waals surface area contributed by atoms with Crippen LogP contribution in [0.4, 0.5) is 0 Å². The van der Waals surface area contributed by atoms with E-state index in [0.717, 1.165) is 35.5 Å². The maximum Gasteiger partial charge on any atom is 0.328 e. The molecule has 0 bridgehead atoms. The first-order valence-electron chi connectivity index (χ1n) is 5.54. The minimum absolute atomic E-state index is 0.0512. The second-order valence-corrected chi connectivity index (χ2v) is 6.12. The van der Waals surface area contributed by atoms with Gasteiger partial charge in [0.1, 0.15) is 0 Å². The Balaban J connectivity index is 2.04. The molecule has 1 amide bonds. The van der Waals surface area contributed by atoms with Gasteiger partial charge in [0.25, 0.3) is 5.91 Å². The van der Waals surface area contributed by atoms with E-state index in [1.165, 1.54) is 17.4 Å². The van der Waals surface area contributed by atoms with E-state index in [9.17, 15) is 9.59 Å². The van der Waals surface area contributed by atoms with Crippen molar-refractivity contribution >= 4 is 41.1 Å². The van der Waals surface area contributed by atoms with E-state index in [0.29, 0.717) is 4.88 Å². The highest BCUT2D eigenvalue weighted by atomic mass is 32.2. The van der Waals surface area contributed by atoms with Crippen molar-refractivity contribution in [2.24, 2.45) is 0 Å². The molecule has 0 aliphatic carbocycles. The molecule has 1 aliphatic rings. The van der Waals surface area contributed by atoms with Crippen LogP contribution < -0.4 is 0 Å². The smallest absolute Gasteiger partial charge is 0.328 e. The lowest BCUT2D eigenvalue weighted by atomic mass is 10.3. The zero-order valence-electron chi connectivity index (χ0n) is 9.67. The number of carbonyl (C=O) groups excluding carboxylic acids is 1. The van der Waals surface area contributed by atoms with Crippen LogP contribution in [0.25, 0.3) is 6.08 Å². The van der Waals surface area contributed by atoms with Crippen molar-refractivity contribution in [3.05, 3.63) is 28.0 Å². The highest BCUT2D eigenvalue weighted by Crippen LogP contribution is 2.21. The summed E-state index contributed by atoms with van der Waals surface area (Å²) in [4.78, 5) is 25.9. The van der Waals surface area contributed by atoms with Crippen LogP contribution in [0.1, 0.15) is 14.5 Å². The molecule has 0 unspecified atom stereocenters. The Hall–Kier alpha value is -1.27. The molecule has 1 aromatic rings. The van der Waals surface area contributed by atoms with Crippen LogP contribution in [0.15, 0.2) is 18.2 Å². The van der Waals surface area contributed by atoms with Gasteiger partial charge in [-0.2, -0.15) is 11.8 Å². The van der Waals surface area contributed by atoms with Gasteiger partial charge in [0.2, 0.25) is 0 Å². The lowest BCUT2D eigenvalue weighted by molar-refractivity contribution is -0.131. The molecular formula is C12H13NO3S2. The standard InChI is InChI=1S/C12H13NO3S2/c14-11(15)4-2-9-1-3-10(18-9)12(16)13-5-7-17-8-6-13/h1-4H,5-8H2,(H,14,15). The van der Waals surface area contributed by atoms with Crippen molar-refractivity contribution in [1.82, 2.24) is 4.90 Å².